The van der Waals surface area contributed by atoms with Gasteiger partial charge in [0.1, 0.15) is 11.4 Å². The van der Waals surface area contributed by atoms with Crippen LogP contribution >= 0.6 is 0 Å². The molecule has 0 aromatic heterocycles. The number of carbonyl (C=O) groups is 1. The van der Waals surface area contributed by atoms with Gasteiger partial charge in [-0.05, 0) is 37.3 Å². The van der Waals surface area contributed by atoms with E-state index >= 15 is 0 Å². The fourth-order valence-corrected chi connectivity index (χ4v) is 3.64. The van der Waals surface area contributed by atoms with Crippen molar-refractivity contribution < 1.29 is 14.3 Å². The summed E-state index contributed by atoms with van der Waals surface area (Å²) in [7, 11) is 1.68. The highest BCUT2D eigenvalue weighted by atomic mass is 16.5. The van der Waals surface area contributed by atoms with Crippen LogP contribution in [0.3, 0.4) is 0 Å². The number of rotatable bonds is 3. The van der Waals surface area contributed by atoms with Gasteiger partial charge < -0.3 is 9.47 Å². The number of Topliss-reactive ketones (excluding diaryl/α,β-unsaturated/α-hetero) is 1. The number of aryl methyl sites for hydroxylation is 1. The summed E-state index contributed by atoms with van der Waals surface area (Å²) in [4.78, 5) is 13.2. The number of hydrogen-bond donors (Lipinski definition) is 0. The normalized spacial score (nSPS) is 21.0. The molecule has 1 saturated carbocycles. The number of ether oxygens (including phenoxy) is 2. The summed E-state index contributed by atoms with van der Waals surface area (Å²) >= 11 is 0. The molecule has 114 valence electrons. The molecule has 0 amide bonds. The third-order valence-corrected chi connectivity index (χ3v) is 4.89. The minimum Gasteiger partial charge on any atom is -0.493 e. The summed E-state index contributed by atoms with van der Waals surface area (Å²) in [6, 6.07) is 5.94. The zero-order valence-corrected chi connectivity index (χ0v) is 12.8. The van der Waals surface area contributed by atoms with Crippen molar-refractivity contribution in [1.29, 1.82) is 0 Å². The van der Waals surface area contributed by atoms with Gasteiger partial charge in [-0.15, -0.1) is 0 Å². The number of carbonyl (C=O) groups excluding carboxylic acids is 1. The third-order valence-electron chi connectivity index (χ3n) is 4.89. The maximum absolute atomic E-state index is 13.2. The van der Waals surface area contributed by atoms with E-state index in [4.69, 9.17) is 9.47 Å². The Hall–Kier alpha value is -1.35. The zero-order valence-electron chi connectivity index (χ0n) is 12.8. The molecule has 1 heterocycles. The van der Waals surface area contributed by atoms with Crippen LogP contribution in [-0.4, -0.2) is 25.1 Å². The number of ketones is 1. The van der Waals surface area contributed by atoms with E-state index in [1.165, 1.54) is 12.8 Å². The zero-order chi connectivity index (χ0) is 14.7. The summed E-state index contributed by atoms with van der Waals surface area (Å²) in [5.74, 6) is 0.917. The van der Waals surface area contributed by atoms with E-state index in [9.17, 15) is 4.79 Å². The van der Waals surface area contributed by atoms with Crippen LogP contribution in [0.15, 0.2) is 18.2 Å². The first-order chi connectivity index (χ1) is 10.3. The average Bonchev–Trinajstić information content (AvgIpc) is 2.80. The third kappa shape index (κ3) is 2.71. The van der Waals surface area contributed by atoms with Crippen LogP contribution in [0, 0.1) is 0 Å². The quantitative estimate of drug-likeness (QED) is 0.624. The Morgan fingerprint density at radius 2 is 1.90 bits per heavy atom. The molecule has 21 heavy (non-hydrogen) atoms. The topological polar surface area (TPSA) is 35.5 Å². The van der Waals surface area contributed by atoms with Crippen molar-refractivity contribution in [1.82, 2.24) is 0 Å². The molecule has 1 aromatic rings. The highest BCUT2D eigenvalue weighted by Crippen LogP contribution is 2.37. The maximum atomic E-state index is 13.2. The average molecular weight is 288 g/mol. The lowest BCUT2D eigenvalue weighted by Crippen LogP contribution is -2.40. The molecule has 1 aliphatic carbocycles. The molecule has 0 bridgehead atoms. The molecule has 0 atom stereocenters. The highest BCUT2D eigenvalue weighted by molar-refractivity contribution is 6.05. The van der Waals surface area contributed by atoms with Crippen molar-refractivity contribution in [2.45, 2.75) is 57.0 Å². The Kier molecular flexibility index (Phi) is 4.29. The summed E-state index contributed by atoms with van der Waals surface area (Å²) in [5.41, 5.74) is 1.23. The Bertz CT molecular complexity index is 513. The number of fused-ring (bicyclic) bond motifs is 1. The second kappa shape index (κ2) is 6.18. The predicted octanol–water partition coefficient (Wildman–Crippen LogP) is 3.93. The Morgan fingerprint density at radius 3 is 2.62 bits per heavy atom. The molecule has 2 aliphatic rings. The largest absolute Gasteiger partial charge is 0.493 e. The summed E-state index contributed by atoms with van der Waals surface area (Å²) in [6.07, 6.45) is 8.20. The molecule has 0 spiro atoms. The van der Waals surface area contributed by atoms with E-state index in [-0.39, 0.29) is 5.78 Å². The van der Waals surface area contributed by atoms with Gasteiger partial charge in [0.15, 0.2) is 5.78 Å². The van der Waals surface area contributed by atoms with Gasteiger partial charge in [-0.1, -0.05) is 37.8 Å². The fourth-order valence-electron chi connectivity index (χ4n) is 3.64. The van der Waals surface area contributed by atoms with Gasteiger partial charge in [-0.2, -0.15) is 0 Å². The summed E-state index contributed by atoms with van der Waals surface area (Å²) < 4.78 is 11.6. The van der Waals surface area contributed by atoms with E-state index in [1.807, 2.05) is 12.1 Å². The molecule has 1 fully saturated rings. The monoisotopic (exact) mass is 288 g/mol. The van der Waals surface area contributed by atoms with E-state index in [0.717, 1.165) is 55.4 Å². The van der Waals surface area contributed by atoms with E-state index in [1.54, 1.807) is 7.11 Å². The molecule has 0 N–H and O–H groups in total. The van der Waals surface area contributed by atoms with E-state index in [2.05, 4.69) is 6.07 Å². The van der Waals surface area contributed by atoms with Gasteiger partial charge >= 0.3 is 0 Å². The Balaban J connectivity index is 1.96. The Morgan fingerprint density at radius 1 is 1.14 bits per heavy atom. The second-order valence-corrected chi connectivity index (χ2v) is 6.19. The number of hydrogen-bond acceptors (Lipinski definition) is 3. The SMILES string of the molecule is COC1(C(=O)c2cccc3c2OCCC3)CCCCCC1. The van der Waals surface area contributed by atoms with Crippen LogP contribution in [-0.2, 0) is 11.2 Å². The first-order valence-electron chi connectivity index (χ1n) is 8.11. The Labute approximate surface area is 126 Å². The van der Waals surface area contributed by atoms with Gasteiger partial charge in [-0.3, -0.25) is 4.79 Å². The van der Waals surface area contributed by atoms with Gasteiger partial charge in [0.25, 0.3) is 0 Å². The molecule has 0 unspecified atom stereocenters. The minimum atomic E-state index is -0.646. The molecular formula is C18H24O3. The molecule has 1 aromatic carbocycles. The standard InChI is InChI=1S/C18H24O3/c1-20-18(11-4-2-3-5-12-18)17(19)15-10-6-8-14-9-7-13-21-16(14)15/h6,8,10H,2-5,7,9,11-13H2,1H3. The van der Waals surface area contributed by atoms with Crippen LogP contribution in [0.5, 0.6) is 5.75 Å². The molecule has 3 nitrogen and oxygen atoms in total. The lowest BCUT2D eigenvalue weighted by atomic mass is 9.84. The van der Waals surface area contributed by atoms with E-state index in [0.29, 0.717) is 6.61 Å². The number of methoxy groups -OCH3 is 1. The van der Waals surface area contributed by atoms with Crippen molar-refractivity contribution in [2.24, 2.45) is 0 Å². The van der Waals surface area contributed by atoms with Gasteiger partial charge in [0.05, 0.1) is 12.2 Å². The van der Waals surface area contributed by atoms with Crippen LogP contribution in [0.2, 0.25) is 0 Å². The second-order valence-electron chi connectivity index (χ2n) is 6.19. The van der Waals surface area contributed by atoms with Gasteiger partial charge in [0.2, 0.25) is 0 Å². The predicted molar refractivity (Wildman–Crippen MR) is 82.0 cm³/mol. The van der Waals surface area contributed by atoms with Crippen molar-refractivity contribution in [3.63, 3.8) is 0 Å². The van der Waals surface area contributed by atoms with Crippen molar-refractivity contribution in [2.75, 3.05) is 13.7 Å². The molecule has 1 aliphatic heterocycles. The molecule has 0 radical (unpaired) electrons. The molecular weight excluding hydrogens is 264 g/mol. The van der Waals surface area contributed by atoms with Crippen molar-refractivity contribution in [3.05, 3.63) is 29.3 Å². The molecule has 3 rings (SSSR count). The van der Waals surface area contributed by atoms with Crippen LogP contribution < -0.4 is 4.74 Å². The molecule has 0 saturated heterocycles. The maximum Gasteiger partial charge on any atom is 0.198 e. The lowest BCUT2D eigenvalue weighted by molar-refractivity contribution is -0.00719. The highest BCUT2D eigenvalue weighted by Gasteiger charge is 2.40. The summed E-state index contributed by atoms with van der Waals surface area (Å²) in [6.45, 7) is 0.706. The van der Waals surface area contributed by atoms with E-state index < -0.39 is 5.60 Å². The van der Waals surface area contributed by atoms with Gasteiger partial charge in [-0.25, -0.2) is 0 Å². The number of para-hydroxylation sites is 1. The smallest absolute Gasteiger partial charge is 0.198 e. The minimum absolute atomic E-state index is 0.116. The lowest BCUT2D eigenvalue weighted by Gasteiger charge is -2.31. The molecule has 3 heteroatoms. The van der Waals surface area contributed by atoms with Crippen molar-refractivity contribution in [3.8, 4) is 5.75 Å². The fraction of sp³-hybridized carbons (Fsp3) is 0.611. The van der Waals surface area contributed by atoms with Gasteiger partial charge in [0, 0.05) is 7.11 Å². The number of benzene rings is 1. The summed E-state index contributed by atoms with van der Waals surface area (Å²) in [5, 5.41) is 0. The van der Waals surface area contributed by atoms with Crippen LogP contribution in [0.25, 0.3) is 0 Å². The van der Waals surface area contributed by atoms with Crippen LogP contribution in [0.4, 0.5) is 0 Å². The van der Waals surface area contributed by atoms with Crippen molar-refractivity contribution >= 4 is 5.78 Å². The first kappa shape index (κ1) is 14.6. The first-order valence-corrected chi connectivity index (χ1v) is 8.11. The van der Waals surface area contributed by atoms with Crippen LogP contribution in [0.1, 0.15) is 60.9 Å².